The van der Waals surface area contributed by atoms with Gasteiger partial charge < -0.3 is 20.3 Å². The summed E-state index contributed by atoms with van der Waals surface area (Å²) in [6, 6.07) is 4.24. The zero-order chi connectivity index (χ0) is 17.1. The van der Waals surface area contributed by atoms with Crippen molar-refractivity contribution in [2.75, 3.05) is 51.0 Å². The molecule has 3 rings (SSSR count). The van der Waals surface area contributed by atoms with Crippen LogP contribution >= 0.6 is 0 Å². The highest BCUT2D eigenvalue weighted by Gasteiger charge is 2.29. The minimum absolute atomic E-state index is 0.749. The quantitative estimate of drug-likeness (QED) is 0.859. The highest BCUT2D eigenvalue weighted by molar-refractivity contribution is 5.67. The summed E-state index contributed by atoms with van der Waals surface area (Å²) in [6.45, 7) is 7.09. The average molecular weight is 332 g/mol. The number of methoxy groups -OCH3 is 1. The second-order valence-corrected chi connectivity index (χ2v) is 7.54. The molecule has 4 heteroatoms. The van der Waals surface area contributed by atoms with Gasteiger partial charge in [0.05, 0.1) is 12.8 Å². The van der Waals surface area contributed by atoms with Crippen LogP contribution in [0.1, 0.15) is 38.2 Å². The Bertz CT molecular complexity index is 544. The SMILES string of the molecule is CCc1cc(N)c(OC)cc1N1CCC(C2CCN(C)CC2)CC1. The Kier molecular flexibility index (Phi) is 5.54. The number of aryl methyl sites for hydroxylation is 1. The van der Waals surface area contributed by atoms with Crippen LogP contribution in [0.15, 0.2) is 12.1 Å². The van der Waals surface area contributed by atoms with Gasteiger partial charge in [-0.25, -0.2) is 0 Å². The Morgan fingerprint density at radius 1 is 1.04 bits per heavy atom. The topological polar surface area (TPSA) is 41.7 Å². The van der Waals surface area contributed by atoms with Crippen molar-refractivity contribution in [1.82, 2.24) is 4.90 Å². The zero-order valence-electron chi connectivity index (χ0n) is 15.6. The fourth-order valence-electron chi connectivity index (χ4n) is 4.50. The Morgan fingerprint density at radius 2 is 1.62 bits per heavy atom. The Hall–Kier alpha value is -1.42. The molecule has 0 unspecified atom stereocenters. The summed E-state index contributed by atoms with van der Waals surface area (Å²) in [4.78, 5) is 5.02. The fourth-order valence-corrected chi connectivity index (χ4v) is 4.50. The lowest BCUT2D eigenvalue weighted by molar-refractivity contribution is 0.154. The Labute approximate surface area is 147 Å². The van der Waals surface area contributed by atoms with Gasteiger partial charge in [-0.3, -0.25) is 0 Å². The first-order valence-corrected chi connectivity index (χ1v) is 9.52. The number of ether oxygens (including phenoxy) is 1. The highest BCUT2D eigenvalue weighted by Crippen LogP contribution is 2.37. The number of piperidine rings is 2. The van der Waals surface area contributed by atoms with Crippen LogP contribution in [0.5, 0.6) is 5.75 Å². The second-order valence-electron chi connectivity index (χ2n) is 7.54. The number of rotatable bonds is 4. The molecule has 0 bridgehead atoms. The van der Waals surface area contributed by atoms with Gasteiger partial charge in [-0.1, -0.05) is 6.92 Å². The van der Waals surface area contributed by atoms with E-state index in [1.165, 1.54) is 50.0 Å². The summed E-state index contributed by atoms with van der Waals surface area (Å²) in [7, 11) is 3.95. The van der Waals surface area contributed by atoms with Crippen molar-refractivity contribution in [1.29, 1.82) is 0 Å². The number of hydrogen-bond donors (Lipinski definition) is 1. The predicted molar refractivity (Wildman–Crippen MR) is 102 cm³/mol. The van der Waals surface area contributed by atoms with Crippen LogP contribution in [-0.2, 0) is 6.42 Å². The molecule has 134 valence electrons. The number of anilines is 2. The van der Waals surface area contributed by atoms with E-state index in [4.69, 9.17) is 10.5 Å². The normalized spacial score (nSPS) is 21.2. The molecular weight excluding hydrogens is 298 g/mol. The van der Waals surface area contributed by atoms with Gasteiger partial charge in [0, 0.05) is 24.8 Å². The average Bonchev–Trinajstić information content (AvgIpc) is 2.62. The molecule has 0 aromatic heterocycles. The monoisotopic (exact) mass is 331 g/mol. The molecule has 0 spiro atoms. The molecule has 2 fully saturated rings. The second kappa shape index (κ2) is 7.64. The largest absolute Gasteiger partial charge is 0.495 e. The molecule has 2 N–H and O–H groups in total. The van der Waals surface area contributed by atoms with Crippen molar-refractivity contribution in [3.8, 4) is 5.75 Å². The van der Waals surface area contributed by atoms with Crippen molar-refractivity contribution in [3.05, 3.63) is 17.7 Å². The molecule has 1 aromatic carbocycles. The summed E-state index contributed by atoms with van der Waals surface area (Å²) >= 11 is 0. The summed E-state index contributed by atoms with van der Waals surface area (Å²) < 4.78 is 5.45. The van der Waals surface area contributed by atoms with Crippen molar-refractivity contribution in [3.63, 3.8) is 0 Å². The van der Waals surface area contributed by atoms with Crippen LogP contribution in [0.25, 0.3) is 0 Å². The lowest BCUT2D eigenvalue weighted by Gasteiger charge is -2.40. The van der Waals surface area contributed by atoms with Gasteiger partial charge in [0.1, 0.15) is 5.75 Å². The maximum atomic E-state index is 6.09. The van der Waals surface area contributed by atoms with Gasteiger partial charge in [0.25, 0.3) is 0 Å². The molecule has 0 radical (unpaired) electrons. The first-order chi connectivity index (χ1) is 11.6. The molecule has 0 aliphatic carbocycles. The van der Waals surface area contributed by atoms with Crippen molar-refractivity contribution < 1.29 is 4.74 Å². The molecule has 2 aliphatic heterocycles. The lowest BCUT2D eigenvalue weighted by Crippen LogP contribution is -2.40. The number of nitrogens with zero attached hydrogens (tertiary/aromatic N) is 2. The minimum Gasteiger partial charge on any atom is -0.495 e. The molecule has 0 saturated carbocycles. The van der Waals surface area contributed by atoms with E-state index in [1.54, 1.807) is 7.11 Å². The van der Waals surface area contributed by atoms with Crippen LogP contribution in [0.4, 0.5) is 11.4 Å². The minimum atomic E-state index is 0.749. The Balaban J connectivity index is 1.66. The summed E-state index contributed by atoms with van der Waals surface area (Å²) in [6.07, 6.45) is 6.43. The van der Waals surface area contributed by atoms with E-state index in [2.05, 4.69) is 35.9 Å². The highest BCUT2D eigenvalue weighted by atomic mass is 16.5. The number of likely N-dealkylation sites (tertiary alicyclic amines) is 1. The van der Waals surface area contributed by atoms with Crippen LogP contribution in [0.2, 0.25) is 0 Å². The third kappa shape index (κ3) is 3.64. The van der Waals surface area contributed by atoms with Gasteiger partial charge in [0.15, 0.2) is 0 Å². The molecule has 0 amide bonds. The van der Waals surface area contributed by atoms with Crippen molar-refractivity contribution in [2.24, 2.45) is 11.8 Å². The first-order valence-electron chi connectivity index (χ1n) is 9.52. The molecule has 24 heavy (non-hydrogen) atoms. The predicted octanol–water partition coefficient (Wildman–Crippen LogP) is 3.40. The zero-order valence-corrected chi connectivity index (χ0v) is 15.6. The van der Waals surface area contributed by atoms with E-state index < -0.39 is 0 Å². The molecule has 2 aliphatic rings. The van der Waals surface area contributed by atoms with E-state index in [0.717, 1.165) is 42.8 Å². The van der Waals surface area contributed by atoms with Crippen LogP contribution in [-0.4, -0.2) is 45.2 Å². The molecular formula is C20H33N3O. The van der Waals surface area contributed by atoms with Gasteiger partial charge in [-0.2, -0.15) is 0 Å². The molecule has 2 heterocycles. The number of nitrogen functional groups attached to an aromatic ring is 1. The standard InChI is InChI=1S/C20H33N3O/c1-4-15-13-18(21)20(24-3)14-19(15)23-11-7-17(8-12-23)16-5-9-22(2)10-6-16/h13-14,16-17H,4-12,21H2,1-3H3. The Morgan fingerprint density at radius 3 is 2.17 bits per heavy atom. The summed E-state index contributed by atoms with van der Waals surface area (Å²) in [5, 5.41) is 0. The van der Waals surface area contributed by atoms with Gasteiger partial charge in [-0.15, -0.1) is 0 Å². The van der Waals surface area contributed by atoms with Gasteiger partial charge in [-0.05, 0) is 75.7 Å². The smallest absolute Gasteiger partial charge is 0.143 e. The van der Waals surface area contributed by atoms with Crippen molar-refractivity contribution in [2.45, 2.75) is 39.0 Å². The van der Waals surface area contributed by atoms with Crippen molar-refractivity contribution >= 4 is 11.4 Å². The molecule has 0 atom stereocenters. The van der Waals surface area contributed by atoms with E-state index in [0.29, 0.717) is 0 Å². The fraction of sp³-hybridized carbons (Fsp3) is 0.700. The maximum Gasteiger partial charge on any atom is 0.143 e. The van der Waals surface area contributed by atoms with Gasteiger partial charge >= 0.3 is 0 Å². The number of hydrogen-bond acceptors (Lipinski definition) is 4. The third-order valence-corrected chi connectivity index (χ3v) is 6.12. The maximum absolute atomic E-state index is 6.09. The van der Waals surface area contributed by atoms with E-state index in [-0.39, 0.29) is 0 Å². The van der Waals surface area contributed by atoms with Crippen LogP contribution in [0.3, 0.4) is 0 Å². The third-order valence-electron chi connectivity index (χ3n) is 6.12. The molecule has 2 saturated heterocycles. The van der Waals surface area contributed by atoms with E-state index in [9.17, 15) is 0 Å². The van der Waals surface area contributed by atoms with E-state index in [1.807, 2.05) is 0 Å². The number of nitrogens with two attached hydrogens (primary N) is 1. The van der Waals surface area contributed by atoms with E-state index >= 15 is 0 Å². The van der Waals surface area contributed by atoms with Gasteiger partial charge in [0.2, 0.25) is 0 Å². The summed E-state index contributed by atoms with van der Waals surface area (Å²) in [5.41, 5.74) is 9.50. The lowest BCUT2D eigenvalue weighted by atomic mass is 9.78. The molecule has 4 nitrogen and oxygen atoms in total. The van der Waals surface area contributed by atoms with Crippen LogP contribution < -0.4 is 15.4 Å². The molecule has 1 aromatic rings. The first kappa shape index (κ1) is 17.4. The van der Waals surface area contributed by atoms with Crippen LogP contribution in [0, 0.1) is 11.8 Å². The number of benzene rings is 1. The summed E-state index contributed by atoms with van der Waals surface area (Å²) in [5.74, 6) is 2.66.